The zero-order chi connectivity index (χ0) is 27.5. The first-order valence-electron chi connectivity index (χ1n) is 13.1. The van der Waals surface area contributed by atoms with Crippen LogP contribution in [0, 0.1) is 6.92 Å². The van der Waals surface area contributed by atoms with Crippen molar-refractivity contribution >= 4 is 23.4 Å². The van der Waals surface area contributed by atoms with Crippen molar-refractivity contribution in [3.63, 3.8) is 0 Å². The van der Waals surface area contributed by atoms with E-state index in [0.29, 0.717) is 35.6 Å². The first kappa shape index (κ1) is 26.4. The molecule has 4 atom stereocenters. The molecule has 2 aliphatic heterocycles. The van der Waals surface area contributed by atoms with Gasteiger partial charge in [-0.1, -0.05) is 35.5 Å². The molecule has 2 aliphatic rings. The van der Waals surface area contributed by atoms with Crippen LogP contribution in [0.4, 0.5) is 5.69 Å². The fourth-order valence-electron chi connectivity index (χ4n) is 5.11. The lowest BCUT2D eigenvalue weighted by Crippen LogP contribution is -2.54. The molecule has 0 spiro atoms. The molecule has 10 nitrogen and oxygen atoms in total. The highest BCUT2D eigenvalue weighted by Crippen LogP contribution is 2.32. The molecule has 1 aromatic heterocycles. The number of aryl methyl sites for hydroxylation is 1. The minimum absolute atomic E-state index is 0.0771. The van der Waals surface area contributed by atoms with Crippen molar-refractivity contribution in [2.75, 3.05) is 19.0 Å². The van der Waals surface area contributed by atoms with Gasteiger partial charge < -0.3 is 29.5 Å². The molecular weight excluding hydrogens is 500 g/mol. The van der Waals surface area contributed by atoms with Crippen LogP contribution in [0.1, 0.15) is 64.4 Å². The van der Waals surface area contributed by atoms with Gasteiger partial charge >= 0.3 is 0 Å². The lowest BCUT2D eigenvalue weighted by molar-refractivity contribution is -0.134. The van der Waals surface area contributed by atoms with Gasteiger partial charge in [0.05, 0.1) is 30.2 Å². The Labute approximate surface area is 226 Å². The van der Waals surface area contributed by atoms with Crippen molar-refractivity contribution < 1.29 is 28.4 Å². The third-order valence-electron chi connectivity index (χ3n) is 7.22. The Hall–Kier alpha value is -4.18. The molecule has 1 saturated heterocycles. The second kappa shape index (κ2) is 11.3. The van der Waals surface area contributed by atoms with Crippen LogP contribution in [0.2, 0.25) is 0 Å². The fraction of sp³-hybridized carbons (Fsp3) is 0.379. The Bertz CT molecular complexity index is 1360. The maximum Gasteiger partial charge on any atom is 0.277 e. The number of hydrogen-bond acceptors (Lipinski definition) is 7. The van der Waals surface area contributed by atoms with Crippen LogP contribution in [0.25, 0.3) is 0 Å². The Morgan fingerprint density at radius 3 is 2.67 bits per heavy atom. The molecule has 0 aliphatic carbocycles. The maximum atomic E-state index is 13.5. The van der Waals surface area contributed by atoms with Gasteiger partial charge in [0.15, 0.2) is 5.69 Å². The number of carbonyl (C=O) groups is 3. The van der Waals surface area contributed by atoms with Crippen LogP contribution < -0.4 is 15.4 Å². The van der Waals surface area contributed by atoms with E-state index in [2.05, 4.69) is 15.8 Å². The smallest absolute Gasteiger partial charge is 0.277 e. The molecule has 0 radical (unpaired) electrons. The van der Waals surface area contributed by atoms with Gasteiger partial charge in [0.25, 0.3) is 11.8 Å². The Morgan fingerprint density at radius 1 is 1.13 bits per heavy atom. The number of rotatable bonds is 6. The molecule has 204 valence electrons. The molecule has 0 unspecified atom stereocenters. The molecule has 39 heavy (non-hydrogen) atoms. The Morgan fingerprint density at radius 2 is 1.92 bits per heavy atom. The van der Waals surface area contributed by atoms with E-state index in [-0.39, 0.29) is 54.8 Å². The number of fused-ring (bicyclic) bond motifs is 2. The van der Waals surface area contributed by atoms with Crippen LogP contribution >= 0.6 is 0 Å². The van der Waals surface area contributed by atoms with Crippen LogP contribution in [0.5, 0.6) is 5.75 Å². The van der Waals surface area contributed by atoms with Gasteiger partial charge in [0, 0.05) is 18.8 Å². The standard InChI is InChI=1S/C29H32N4O6/c1-17-13-23(32-39-17)28(35)31-20-9-12-25-22(14-20)29(36)33(3)24-11-10-21(38-26(24)16-37-25)15-27(34)30-18(2)19-7-5-4-6-8-19/h4-9,12-14,18,21,24,26H,10-11,15-16H2,1-3H3,(H,30,34)(H,31,35)/t18-,21-,24+,26+/m1/s1. The topological polar surface area (TPSA) is 123 Å². The monoisotopic (exact) mass is 532 g/mol. The van der Waals surface area contributed by atoms with Crippen molar-refractivity contribution in [1.82, 2.24) is 15.4 Å². The number of benzene rings is 2. The number of aromatic nitrogens is 1. The van der Waals surface area contributed by atoms with Crippen molar-refractivity contribution in [3.8, 4) is 5.75 Å². The zero-order valence-electron chi connectivity index (χ0n) is 22.2. The molecule has 10 heteroatoms. The summed E-state index contributed by atoms with van der Waals surface area (Å²) in [5, 5.41) is 9.51. The highest BCUT2D eigenvalue weighted by Gasteiger charge is 2.39. The van der Waals surface area contributed by atoms with Gasteiger partial charge in [-0.2, -0.15) is 0 Å². The second-order valence-corrected chi connectivity index (χ2v) is 10.1. The average Bonchev–Trinajstić information content (AvgIpc) is 3.38. The number of amides is 3. The average molecular weight is 533 g/mol. The van der Waals surface area contributed by atoms with Gasteiger partial charge in [0.2, 0.25) is 5.91 Å². The SMILES string of the molecule is Cc1cc(C(=O)Nc2ccc3c(c2)C(=O)N(C)[C@H]2CC[C@H](CC(=O)N[C@H](C)c4ccccc4)O[C@H]2CO3)no1. The minimum Gasteiger partial charge on any atom is -0.490 e. The summed E-state index contributed by atoms with van der Waals surface area (Å²) in [4.78, 5) is 40.3. The van der Waals surface area contributed by atoms with Crippen LogP contribution in [0.3, 0.4) is 0 Å². The van der Waals surface area contributed by atoms with Gasteiger partial charge in [0.1, 0.15) is 24.2 Å². The van der Waals surface area contributed by atoms with E-state index in [1.165, 1.54) is 6.07 Å². The maximum absolute atomic E-state index is 13.5. The fourth-order valence-corrected chi connectivity index (χ4v) is 5.11. The largest absolute Gasteiger partial charge is 0.490 e. The van der Waals surface area contributed by atoms with Crippen molar-refractivity contribution in [1.29, 1.82) is 0 Å². The molecule has 1 fully saturated rings. The van der Waals surface area contributed by atoms with Gasteiger partial charge in [-0.25, -0.2) is 0 Å². The number of nitrogens with one attached hydrogen (secondary N) is 2. The van der Waals surface area contributed by atoms with Crippen molar-refractivity contribution in [2.24, 2.45) is 0 Å². The summed E-state index contributed by atoms with van der Waals surface area (Å²) in [7, 11) is 1.75. The van der Waals surface area contributed by atoms with Crippen LogP contribution in [-0.4, -0.2) is 59.7 Å². The lowest BCUT2D eigenvalue weighted by Gasteiger charge is -2.42. The van der Waals surface area contributed by atoms with Gasteiger partial charge in [-0.15, -0.1) is 0 Å². The molecule has 3 heterocycles. The molecule has 2 N–H and O–H groups in total. The number of hydrogen-bond donors (Lipinski definition) is 2. The second-order valence-electron chi connectivity index (χ2n) is 10.1. The summed E-state index contributed by atoms with van der Waals surface area (Å²) in [6.07, 6.45) is 0.923. The molecular formula is C29H32N4O6. The van der Waals surface area contributed by atoms with Gasteiger partial charge in [-0.3, -0.25) is 14.4 Å². The van der Waals surface area contributed by atoms with E-state index in [0.717, 1.165) is 5.56 Å². The Balaban J connectivity index is 1.23. The molecule has 0 bridgehead atoms. The van der Waals surface area contributed by atoms with E-state index in [1.807, 2.05) is 37.3 Å². The van der Waals surface area contributed by atoms with E-state index in [1.54, 1.807) is 37.1 Å². The van der Waals surface area contributed by atoms with E-state index in [9.17, 15) is 14.4 Å². The summed E-state index contributed by atoms with van der Waals surface area (Å²) >= 11 is 0. The van der Waals surface area contributed by atoms with Crippen molar-refractivity contribution in [3.05, 3.63) is 77.2 Å². The number of likely N-dealkylation sites (N-methyl/N-ethyl adjacent to an activating group) is 1. The van der Waals surface area contributed by atoms with Gasteiger partial charge in [-0.05, 0) is 50.5 Å². The van der Waals surface area contributed by atoms with E-state index in [4.69, 9.17) is 14.0 Å². The Kier molecular flexibility index (Phi) is 7.65. The quantitative estimate of drug-likeness (QED) is 0.494. The molecule has 2 aromatic carbocycles. The summed E-state index contributed by atoms with van der Waals surface area (Å²) in [6, 6.07) is 16.0. The highest BCUT2D eigenvalue weighted by atomic mass is 16.5. The van der Waals surface area contributed by atoms with E-state index < -0.39 is 5.91 Å². The summed E-state index contributed by atoms with van der Waals surface area (Å²) in [6.45, 7) is 3.89. The number of nitrogens with zero attached hydrogens (tertiary/aromatic N) is 2. The number of carbonyl (C=O) groups excluding carboxylic acids is 3. The third kappa shape index (κ3) is 5.96. The molecule has 3 amide bonds. The lowest BCUT2D eigenvalue weighted by atomic mass is 9.94. The predicted octanol–water partition coefficient (Wildman–Crippen LogP) is 3.88. The molecule has 5 rings (SSSR count). The summed E-state index contributed by atoms with van der Waals surface area (Å²) in [5.74, 6) is 0.183. The first-order valence-corrected chi connectivity index (χ1v) is 13.1. The number of ether oxygens (including phenoxy) is 2. The predicted molar refractivity (Wildman–Crippen MR) is 143 cm³/mol. The van der Waals surface area contributed by atoms with Crippen LogP contribution in [-0.2, 0) is 9.53 Å². The molecule has 0 saturated carbocycles. The first-order chi connectivity index (χ1) is 18.8. The third-order valence-corrected chi connectivity index (χ3v) is 7.22. The normalized spacial score (nSPS) is 21.5. The minimum atomic E-state index is -0.437. The molecule has 3 aromatic rings. The zero-order valence-corrected chi connectivity index (χ0v) is 22.2. The summed E-state index contributed by atoms with van der Waals surface area (Å²) in [5.41, 5.74) is 1.98. The van der Waals surface area contributed by atoms with Crippen LogP contribution in [0.15, 0.2) is 59.1 Å². The van der Waals surface area contributed by atoms with Crippen molar-refractivity contribution in [2.45, 2.75) is 57.4 Å². The van der Waals surface area contributed by atoms with E-state index >= 15 is 0 Å². The highest BCUT2D eigenvalue weighted by molar-refractivity contribution is 6.04. The number of anilines is 1. The summed E-state index contributed by atoms with van der Waals surface area (Å²) < 4.78 is 17.3.